The lowest BCUT2D eigenvalue weighted by Crippen LogP contribution is -2.52. The zero-order chi connectivity index (χ0) is 18.7. The largest absolute Gasteiger partial charge is 0.498 e. The second-order valence-corrected chi connectivity index (χ2v) is 7.11. The molecular weight excluding hydrogens is 324 g/mol. The minimum atomic E-state index is -1.36. The third-order valence-corrected chi connectivity index (χ3v) is 5.31. The molecule has 0 aromatic heterocycles. The summed E-state index contributed by atoms with van der Waals surface area (Å²) in [5.41, 5.74) is -0.868. The SMILES string of the molecule is CCOC(=O)/C=C(\OC)[C@]1(O)C[C@@H](C)C(C)=C[C@@]1(C)CC1OCCO1. The van der Waals surface area contributed by atoms with E-state index in [1.807, 2.05) is 6.92 Å². The van der Waals surface area contributed by atoms with Crippen molar-refractivity contribution in [1.29, 1.82) is 0 Å². The summed E-state index contributed by atoms with van der Waals surface area (Å²) in [5.74, 6) is -0.159. The Morgan fingerprint density at radius 2 is 2.08 bits per heavy atom. The molecule has 0 aromatic rings. The monoisotopic (exact) mass is 354 g/mol. The highest BCUT2D eigenvalue weighted by Gasteiger charge is 2.54. The van der Waals surface area contributed by atoms with Crippen LogP contribution in [0, 0.1) is 11.3 Å². The van der Waals surface area contributed by atoms with E-state index < -0.39 is 17.0 Å². The van der Waals surface area contributed by atoms with Gasteiger partial charge in [-0.25, -0.2) is 4.79 Å². The number of carbonyl (C=O) groups excluding carboxylic acids is 1. The molecule has 1 heterocycles. The summed E-state index contributed by atoms with van der Waals surface area (Å²) in [7, 11) is 1.46. The summed E-state index contributed by atoms with van der Waals surface area (Å²) in [6.07, 6.45) is 3.84. The minimum absolute atomic E-state index is 0.157. The third-order valence-electron chi connectivity index (χ3n) is 5.31. The summed E-state index contributed by atoms with van der Waals surface area (Å²) in [6, 6.07) is 0. The fourth-order valence-corrected chi connectivity index (χ4v) is 3.72. The number of rotatable bonds is 6. The summed E-state index contributed by atoms with van der Waals surface area (Å²) in [6.45, 7) is 9.16. The highest BCUT2D eigenvalue weighted by molar-refractivity contribution is 5.82. The van der Waals surface area contributed by atoms with Crippen LogP contribution in [0.25, 0.3) is 0 Å². The van der Waals surface area contributed by atoms with E-state index in [2.05, 4.69) is 19.9 Å². The number of hydrogen-bond donors (Lipinski definition) is 1. The molecule has 142 valence electrons. The van der Waals surface area contributed by atoms with Gasteiger partial charge in [-0.15, -0.1) is 0 Å². The van der Waals surface area contributed by atoms with Crippen molar-refractivity contribution in [1.82, 2.24) is 0 Å². The first-order valence-corrected chi connectivity index (χ1v) is 8.83. The van der Waals surface area contributed by atoms with E-state index in [1.165, 1.54) is 18.8 Å². The van der Waals surface area contributed by atoms with Gasteiger partial charge in [-0.1, -0.05) is 25.5 Å². The van der Waals surface area contributed by atoms with Gasteiger partial charge in [0.15, 0.2) is 6.29 Å². The molecule has 0 saturated carbocycles. The molecule has 1 fully saturated rings. The van der Waals surface area contributed by atoms with E-state index >= 15 is 0 Å². The molecule has 0 bridgehead atoms. The molecule has 0 unspecified atom stereocenters. The van der Waals surface area contributed by atoms with Crippen molar-refractivity contribution in [2.45, 2.75) is 52.4 Å². The van der Waals surface area contributed by atoms with E-state index in [0.717, 1.165) is 0 Å². The zero-order valence-electron chi connectivity index (χ0n) is 15.8. The Balaban J connectivity index is 2.42. The van der Waals surface area contributed by atoms with Crippen molar-refractivity contribution >= 4 is 5.97 Å². The molecule has 2 rings (SSSR count). The molecule has 1 aliphatic carbocycles. The Hall–Kier alpha value is -1.37. The number of hydrogen-bond acceptors (Lipinski definition) is 6. The first-order chi connectivity index (χ1) is 11.8. The van der Waals surface area contributed by atoms with Crippen LogP contribution in [0.3, 0.4) is 0 Å². The molecule has 1 N–H and O–H groups in total. The van der Waals surface area contributed by atoms with Crippen LogP contribution in [0.2, 0.25) is 0 Å². The summed E-state index contributed by atoms with van der Waals surface area (Å²) < 4.78 is 21.6. The van der Waals surface area contributed by atoms with Gasteiger partial charge in [0.1, 0.15) is 11.4 Å². The van der Waals surface area contributed by atoms with Crippen LogP contribution in [-0.2, 0) is 23.7 Å². The highest BCUT2D eigenvalue weighted by atomic mass is 16.7. The van der Waals surface area contributed by atoms with Crippen LogP contribution < -0.4 is 0 Å². The Bertz CT molecular complexity index is 548. The molecule has 0 aromatic carbocycles. The number of aliphatic hydroxyl groups is 1. The average molecular weight is 354 g/mol. The van der Waals surface area contributed by atoms with E-state index in [0.29, 0.717) is 26.1 Å². The predicted octanol–water partition coefficient (Wildman–Crippen LogP) is 2.57. The summed E-state index contributed by atoms with van der Waals surface area (Å²) in [5, 5.41) is 11.7. The number of esters is 1. The van der Waals surface area contributed by atoms with Crippen molar-refractivity contribution in [3.8, 4) is 0 Å². The summed E-state index contributed by atoms with van der Waals surface area (Å²) >= 11 is 0. The quantitative estimate of drug-likeness (QED) is 0.342. The third kappa shape index (κ3) is 4.07. The molecular formula is C19H30O6. The molecule has 3 atom stereocenters. The van der Waals surface area contributed by atoms with Gasteiger partial charge in [-0.2, -0.15) is 0 Å². The van der Waals surface area contributed by atoms with E-state index in [4.69, 9.17) is 18.9 Å². The zero-order valence-corrected chi connectivity index (χ0v) is 15.8. The maximum absolute atomic E-state index is 11.9. The van der Waals surface area contributed by atoms with Crippen molar-refractivity contribution < 1.29 is 28.8 Å². The fraction of sp³-hybridized carbons (Fsp3) is 0.737. The Morgan fingerprint density at radius 3 is 2.64 bits per heavy atom. The Morgan fingerprint density at radius 1 is 1.44 bits per heavy atom. The molecule has 0 amide bonds. The predicted molar refractivity (Wildman–Crippen MR) is 92.6 cm³/mol. The molecule has 6 heteroatoms. The number of carbonyl (C=O) groups is 1. The Kier molecular flexibility index (Phi) is 6.30. The van der Waals surface area contributed by atoms with Crippen LogP contribution in [0.4, 0.5) is 0 Å². The lowest BCUT2D eigenvalue weighted by atomic mass is 9.61. The van der Waals surface area contributed by atoms with Gasteiger partial charge < -0.3 is 24.1 Å². The maximum atomic E-state index is 11.9. The van der Waals surface area contributed by atoms with Gasteiger partial charge in [-0.3, -0.25) is 0 Å². The Labute approximate surface area is 149 Å². The first kappa shape index (κ1) is 19.9. The van der Waals surface area contributed by atoms with Crippen LogP contribution in [0.15, 0.2) is 23.5 Å². The van der Waals surface area contributed by atoms with Gasteiger partial charge in [0, 0.05) is 11.8 Å². The van der Waals surface area contributed by atoms with Crippen molar-refractivity contribution in [3.05, 3.63) is 23.5 Å². The van der Waals surface area contributed by atoms with E-state index in [9.17, 15) is 9.90 Å². The number of ether oxygens (including phenoxy) is 4. The molecule has 1 aliphatic heterocycles. The normalized spacial score (nSPS) is 33.9. The lowest BCUT2D eigenvalue weighted by molar-refractivity contribution is -0.140. The fourth-order valence-electron chi connectivity index (χ4n) is 3.72. The summed E-state index contributed by atoms with van der Waals surface area (Å²) in [4.78, 5) is 11.9. The van der Waals surface area contributed by atoms with Crippen molar-refractivity contribution in [2.24, 2.45) is 11.3 Å². The van der Waals surface area contributed by atoms with Crippen LogP contribution in [-0.4, -0.2) is 49.9 Å². The average Bonchev–Trinajstić information content (AvgIpc) is 3.03. The van der Waals surface area contributed by atoms with Gasteiger partial charge in [0.2, 0.25) is 0 Å². The molecule has 6 nitrogen and oxygen atoms in total. The number of methoxy groups -OCH3 is 1. The van der Waals surface area contributed by atoms with Crippen LogP contribution in [0.5, 0.6) is 0 Å². The smallest absolute Gasteiger partial charge is 0.334 e. The molecule has 0 spiro atoms. The number of allylic oxidation sites excluding steroid dienone is 1. The van der Waals surface area contributed by atoms with Gasteiger partial charge >= 0.3 is 5.97 Å². The second-order valence-electron chi connectivity index (χ2n) is 7.11. The first-order valence-electron chi connectivity index (χ1n) is 8.83. The van der Waals surface area contributed by atoms with Gasteiger partial charge in [0.05, 0.1) is 33.0 Å². The molecule has 0 radical (unpaired) electrons. The van der Waals surface area contributed by atoms with Crippen molar-refractivity contribution in [2.75, 3.05) is 26.9 Å². The second kappa shape index (κ2) is 7.89. The standard InChI is InChI=1S/C19H30O6/c1-6-23-16(20)9-15(22-5)19(21)11-14(3)13(2)10-18(19,4)12-17-24-7-8-25-17/h9-10,14,17,21H,6-8,11-12H2,1-5H3/b15-9-/t14-,18+,19-/m1/s1. The van der Waals surface area contributed by atoms with Gasteiger partial charge in [0.25, 0.3) is 0 Å². The van der Waals surface area contributed by atoms with E-state index in [1.54, 1.807) is 6.92 Å². The van der Waals surface area contributed by atoms with E-state index in [-0.39, 0.29) is 24.6 Å². The van der Waals surface area contributed by atoms with Crippen LogP contribution >= 0.6 is 0 Å². The molecule has 2 aliphatic rings. The van der Waals surface area contributed by atoms with Gasteiger partial charge in [-0.05, 0) is 26.2 Å². The highest BCUT2D eigenvalue weighted by Crippen LogP contribution is 2.51. The van der Waals surface area contributed by atoms with Crippen molar-refractivity contribution in [3.63, 3.8) is 0 Å². The molecule has 1 saturated heterocycles. The lowest BCUT2D eigenvalue weighted by Gasteiger charge is -2.49. The topological polar surface area (TPSA) is 74.2 Å². The molecule has 25 heavy (non-hydrogen) atoms. The maximum Gasteiger partial charge on any atom is 0.334 e. The minimum Gasteiger partial charge on any atom is -0.498 e. The van der Waals surface area contributed by atoms with Crippen LogP contribution in [0.1, 0.15) is 40.5 Å².